The summed E-state index contributed by atoms with van der Waals surface area (Å²) in [5.74, 6) is 0. The number of halogens is 1. The summed E-state index contributed by atoms with van der Waals surface area (Å²) in [5.41, 5.74) is 9.93. The van der Waals surface area contributed by atoms with Gasteiger partial charge in [0.15, 0.2) is 0 Å². The highest BCUT2D eigenvalue weighted by molar-refractivity contribution is 7.80. The van der Waals surface area contributed by atoms with Gasteiger partial charge in [0.25, 0.3) is 0 Å². The summed E-state index contributed by atoms with van der Waals surface area (Å²) >= 11 is 11.1. The Bertz CT molecular complexity index is 640. The van der Waals surface area contributed by atoms with Gasteiger partial charge in [0, 0.05) is 22.3 Å². The molecule has 0 spiro atoms. The number of hydrogen-bond acceptors (Lipinski definition) is 2. The molecule has 2 aromatic rings. The molecule has 4 heteroatoms. The SMILES string of the molecule is Cc1ccccc1C(C)Nc1ccc(Cl)cc1C(N)=S. The monoisotopic (exact) mass is 304 g/mol. The fraction of sp³-hybridized carbons (Fsp3) is 0.188. The van der Waals surface area contributed by atoms with Crippen molar-refractivity contribution in [1.82, 2.24) is 0 Å². The minimum absolute atomic E-state index is 0.158. The molecule has 0 aliphatic carbocycles. The van der Waals surface area contributed by atoms with E-state index in [1.165, 1.54) is 11.1 Å². The fourth-order valence-electron chi connectivity index (χ4n) is 2.23. The lowest BCUT2D eigenvalue weighted by Crippen LogP contribution is -2.15. The van der Waals surface area contributed by atoms with E-state index in [1.807, 2.05) is 24.3 Å². The first-order chi connectivity index (χ1) is 9.49. The summed E-state index contributed by atoms with van der Waals surface area (Å²) < 4.78 is 0. The zero-order valence-corrected chi connectivity index (χ0v) is 13.1. The van der Waals surface area contributed by atoms with Gasteiger partial charge in [0.05, 0.1) is 0 Å². The van der Waals surface area contributed by atoms with Crippen LogP contribution >= 0.6 is 23.8 Å². The Balaban J connectivity index is 2.31. The van der Waals surface area contributed by atoms with Crippen molar-refractivity contribution < 1.29 is 0 Å². The van der Waals surface area contributed by atoms with Gasteiger partial charge in [-0.15, -0.1) is 0 Å². The number of rotatable bonds is 4. The standard InChI is InChI=1S/C16H17ClN2S/c1-10-5-3-4-6-13(10)11(2)19-15-8-7-12(17)9-14(15)16(18)20/h3-9,11,19H,1-2H3,(H2,18,20). The maximum absolute atomic E-state index is 6.00. The first-order valence-corrected chi connectivity index (χ1v) is 7.19. The Labute approximate surface area is 130 Å². The van der Waals surface area contributed by atoms with Crippen LogP contribution in [0.3, 0.4) is 0 Å². The van der Waals surface area contributed by atoms with Crippen LogP contribution in [0.5, 0.6) is 0 Å². The third-order valence-corrected chi connectivity index (χ3v) is 3.73. The maximum Gasteiger partial charge on any atom is 0.106 e. The number of thiocarbonyl (C=S) groups is 1. The van der Waals surface area contributed by atoms with Gasteiger partial charge in [-0.25, -0.2) is 0 Å². The third-order valence-electron chi connectivity index (χ3n) is 3.27. The number of hydrogen-bond donors (Lipinski definition) is 2. The molecule has 0 fully saturated rings. The highest BCUT2D eigenvalue weighted by Crippen LogP contribution is 2.26. The zero-order valence-electron chi connectivity index (χ0n) is 11.5. The number of nitrogens with one attached hydrogen (secondary N) is 1. The van der Waals surface area contributed by atoms with Crippen molar-refractivity contribution in [3.05, 3.63) is 64.2 Å². The maximum atomic E-state index is 6.00. The number of anilines is 1. The zero-order chi connectivity index (χ0) is 14.7. The van der Waals surface area contributed by atoms with Crippen LogP contribution in [0.2, 0.25) is 5.02 Å². The van der Waals surface area contributed by atoms with Gasteiger partial charge in [-0.2, -0.15) is 0 Å². The Morgan fingerprint density at radius 3 is 2.60 bits per heavy atom. The molecule has 1 atom stereocenters. The Kier molecular flexibility index (Phi) is 4.63. The lowest BCUT2D eigenvalue weighted by molar-refractivity contribution is 0.874. The molecule has 0 heterocycles. The van der Waals surface area contributed by atoms with Crippen molar-refractivity contribution in [2.45, 2.75) is 19.9 Å². The Morgan fingerprint density at radius 1 is 1.25 bits per heavy atom. The van der Waals surface area contributed by atoms with Gasteiger partial charge in [-0.3, -0.25) is 0 Å². The molecule has 2 aromatic carbocycles. The molecule has 2 nitrogen and oxygen atoms in total. The quantitative estimate of drug-likeness (QED) is 0.819. The van der Waals surface area contributed by atoms with Gasteiger partial charge in [0.1, 0.15) is 4.99 Å². The largest absolute Gasteiger partial charge is 0.389 e. The van der Waals surface area contributed by atoms with Crippen molar-refractivity contribution in [1.29, 1.82) is 0 Å². The van der Waals surface area contributed by atoms with Crippen LogP contribution in [0.25, 0.3) is 0 Å². The molecule has 0 radical (unpaired) electrons. The summed E-state index contributed by atoms with van der Waals surface area (Å²) in [5, 5.41) is 4.08. The second-order valence-corrected chi connectivity index (χ2v) is 5.65. The van der Waals surface area contributed by atoms with E-state index in [4.69, 9.17) is 29.6 Å². The van der Waals surface area contributed by atoms with Crippen molar-refractivity contribution in [2.24, 2.45) is 5.73 Å². The lowest BCUT2D eigenvalue weighted by atomic mass is 10.0. The topological polar surface area (TPSA) is 38.0 Å². The van der Waals surface area contributed by atoms with Crippen LogP contribution in [0.15, 0.2) is 42.5 Å². The molecule has 2 rings (SSSR count). The number of aryl methyl sites for hydroxylation is 1. The van der Waals surface area contributed by atoms with Crippen molar-refractivity contribution in [2.75, 3.05) is 5.32 Å². The van der Waals surface area contributed by atoms with Crippen LogP contribution in [0.1, 0.15) is 29.7 Å². The highest BCUT2D eigenvalue weighted by Gasteiger charge is 2.11. The number of benzene rings is 2. The van der Waals surface area contributed by atoms with Crippen molar-refractivity contribution >= 4 is 34.5 Å². The molecule has 20 heavy (non-hydrogen) atoms. The van der Waals surface area contributed by atoms with Crippen LogP contribution in [-0.2, 0) is 0 Å². The summed E-state index contributed by atoms with van der Waals surface area (Å²) in [4.78, 5) is 0.340. The molecular formula is C16H17ClN2S. The van der Waals surface area contributed by atoms with Crippen LogP contribution < -0.4 is 11.1 Å². The van der Waals surface area contributed by atoms with Gasteiger partial charge < -0.3 is 11.1 Å². The first kappa shape index (κ1) is 14.8. The molecule has 104 valence electrons. The predicted molar refractivity (Wildman–Crippen MR) is 90.6 cm³/mol. The van der Waals surface area contributed by atoms with Crippen molar-refractivity contribution in [3.8, 4) is 0 Å². The third kappa shape index (κ3) is 3.30. The van der Waals surface area contributed by atoms with Gasteiger partial charge in [-0.05, 0) is 43.2 Å². The molecular weight excluding hydrogens is 288 g/mol. The molecule has 0 bridgehead atoms. The second-order valence-electron chi connectivity index (χ2n) is 4.78. The molecule has 0 aromatic heterocycles. The summed E-state index contributed by atoms with van der Waals surface area (Å²) in [7, 11) is 0. The van der Waals surface area contributed by atoms with Crippen LogP contribution in [0.4, 0.5) is 5.69 Å². The van der Waals surface area contributed by atoms with E-state index in [0.29, 0.717) is 10.0 Å². The van der Waals surface area contributed by atoms with Gasteiger partial charge in [0.2, 0.25) is 0 Å². The molecule has 0 saturated heterocycles. The highest BCUT2D eigenvalue weighted by atomic mass is 35.5. The van der Waals surface area contributed by atoms with Crippen LogP contribution in [-0.4, -0.2) is 4.99 Å². The van der Waals surface area contributed by atoms with E-state index >= 15 is 0 Å². The van der Waals surface area contributed by atoms with E-state index in [1.54, 1.807) is 6.07 Å². The van der Waals surface area contributed by atoms with Crippen LogP contribution in [0, 0.1) is 6.92 Å². The van der Waals surface area contributed by atoms with Gasteiger partial charge >= 0.3 is 0 Å². The predicted octanol–water partition coefficient (Wildman–Crippen LogP) is 4.46. The van der Waals surface area contributed by atoms with E-state index in [9.17, 15) is 0 Å². The fourth-order valence-corrected chi connectivity index (χ4v) is 2.57. The number of nitrogens with two attached hydrogens (primary N) is 1. The first-order valence-electron chi connectivity index (χ1n) is 6.40. The average Bonchev–Trinajstić information content (AvgIpc) is 2.41. The summed E-state index contributed by atoms with van der Waals surface area (Å²) in [6, 6.07) is 14.0. The lowest BCUT2D eigenvalue weighted by Gasteiger charge is -2.20. The molecule has 0 aliphatic rings. The minimum Gasteiger partial charge on any atom is -0.389 e. The molecule has 0 saturated carbocycles. The smallest absolute Gasteiger partial charge is 0.106 e. The molecule has 3 N–H and O–H groups in total. The summed E-state index contributed by atoms with van der Waals surface area (Å²) in [6.45, 7) is 4.21. The Morgan fingerprint density at radius 2 is 1.95 bits per heavy atom. The van der Waals surface area contributed by atoms with E-state index in [0.717, 1.165) is 11.3 Å². The Hall–Kier alpha value is -1.58. The minimum atomic E-state index is 0.158. The van der Waals surface area contributed by atoms with E-state index in [2.05, 4.69) is 31.3 Å². The molecule has 1 unspecified atom stereocenters. The average molecular weight is 305 g/mol. The van der Waals surface area contributed by atoms with E-state index in [-0.39, 0.29) is 6.04 Å². The van der Waals surface area contributed by atoms with E-state index < -0.39 is 0 Å². The molecule has 0 aliphatic heterocycles. The molecule has 0 amide bonds. The normalized spacial score (nSPS) is 11.9. The summed E-state index contributed by atoms with van der Waals surface area (Å²) in [6.07, 6.45) is 0. The van der Waals surface area contributed by atoms with Crippen molar-refractivity contribution in [3.63, 3.8) is 0 Å². The second kappa shape index (κ2) is 6.25. The van der Waals surface area contributed by atoms with Gasteiger partial charge in [-0.1, -0.05) is 48.1 Å².